The van der Waals surface area contributed by atoms with Crippen LogP contribution in [-0.2, 0) is 6.54 Å². The Kier molecular flexibility index (Phi) is 2.19. The summed E-state index contributed by atoms with van der Waals surface area (Å²) in [6.07, 6.45) is 2.87. The molecule has 2 rings (SSSR count). The molecule has 0 unspecified atom stereocenters. The number of rotatable bonds is 2. The molecule has 0 amide bonds. The number of pyridine rings is 1. The van der Waals surface area contributed by atoms with Crippen molar-refractivity contribution in [1.29, 1.82) is 0 Å². The van der Waals surface area contributed by atoms with Crippen molar-refractivity contribution in [1.82, 2.24) is 14.5 Å². The Balaban J connectivity index is 2.58. The number of hydrogen-bond acceptors (Lipinski definition) is 2. The Morgan fingerprint density at radius 3 is 3.08 bits per heavy atom. The molecular formula is C9H10ClN3. The zero-order chi connectivity index (χ0) is 9.26. The predicted octanol–water partition coefficient (Wildman–Crippen LogP) is 2.49. The summed E-state index contributed by atoms with van der Waals surface area (Å²) in [7, 11) is 0. The van der Waals surface area contributed by atoms with Gasteiger partial charge in [-0.15, -0.1) is 0 Å². The van der Waals surface area contributed by atoms with Gasteiger partial charge >= 0.3 is 0 Å². The molecular weight excluding hydrogens is 186 g/mol. The van der Waals surface area contributed by atoms with Crippen molar-refractivity contribution >= 4 is 22.8 Å². The van der Waals surface area contributed by atoms with Gasteiger partial charge in [0.1, 0.15) is 10.7 Å². The lowest BCUT2D eigenvalue weighted by Gasteiger charge is -1.99. The molecule has 0 aliphatic carbocycles. The Labute approximate surface area is 81.4 Å². The molecule has 68 valence electrons. The van der Waals surface area contributed by atoms with Gasteiger partial charge in [0.25, 0.3) is 0 Å². The zero-order valence-corrected chi connectivity index (χ0v) is 8.12. The van der Waals surface area contributed by atoms with Crippen molar-refractivity contribution in [3.05, 3.63) is 23.6 Å². The fourth-order valence-corrected chi connectivity index (χ4v) is 1.46. The molecule has 0 spiro atoms. The Morgan fingerprint density at radius 2 is 2.31 bits per heavy atom. The maximum Gasteiger partial charge on any atom is 0.161 e. The molecule has 13 heavy (non-hydrogen) atoms. The summed E-state index contributed by atoms with van der Waals surface area (Å²) in [6.45, 7) is 3.06. The van der Waals surface area contributed by atoms with Crippen LogP contribution in [0, 0.1) is 0 Å². The zero-order valence-electron chi connectivity index (χ0n) is 7.37. The molecule has 2 aromatic rings. The number of hydrogen-bond donors (Lipinski definition) is 0. The monoisotopic (exact) mass is 195 g/mol. The van der Waals surface area contributed by atoms with E-state index in [4.69, 9.17) is 11.6 Å². The third-order valence-corrected chi connectivity index (χ3v) is 2.10. The van der Waals surface area contributed by atoms with Crippen LogP contribution in [0.2, 0.25) is 5.15 Å². The van der Waals surface area contributed by atoms with E-state index in [2.05, 4.69) is 16.9 Å². The van der Waals surface area contributed by atoms with Crippen molar-refractivity contribution in [2.45, 2.75) is 19.9 Å². The van der Waals surface area contributed by atoms with Crippen molar-refractivity contribution in [2.24, 2.45) is 0 Å². The number of imidazole rings is 1. The topological polar surface area (TPSA) is 30.7 Å². The number of aryl methyl sites for hydroxylation is 1. The van der Waals surface area contributed by atoms with E-state index >= 15 is 0 Å². The number of halogens is 1. The van der Waals surface area contributed by atoms with Crippen molar-refractivity contribution < 1.29 is 0 Å². The molecule has 0 bridgehead atoms. The first-order valence-corrected chi connectivity index (χ1v) is 4.66. The third-order valence-electron chi connectivity index (χ3n) is 1.89. The minimum Gasteiger partial charge on any atom is -0.315 e. The summed E-state index contributed by atoms with van der Waals surface area (Å²) in [5, 5.41) is 0.519. The average molecular weight is 196 g/mol. The van der Waals surface area contributed by atoms with Crippen LogP contribution in [0.1, 0.15) is 13.3 Å². The highest BCUT2D eigenvalue weighted by Gasteiger charge is 2.02. The lowest BCUT2D eigenvalue weighted by molar-refractivity contribution is 0.691. The number of fused-ring (bicyclic) bond motifs is 1. The molecule has 4 heteroatoms. The van der Waals surface area contributed by atoms with Gasteiger partial charge in [-0.2, -0.15) is 0 Å². The van der Waals surface area contributed by atoms with Crippen LogP contribution < -0.4 is 0 Å². The van der Waals surface area contributed by atoms with Gasteiger partial charge in [-0.25, -0.2) is 9.97 Å². The van der Waals surface area contributed by atoms with Crippen LogP contribution in [-0.4, -0.2) is 14.5 Å². The third kappa shape index (κ3) is 1.52. The van der Waals surface area contributed by atoms with Crippen LogP contribution in [0.4, 0.5) is 0 Å². The van der Waals surface area contributed by atoms with Crippen molar-refractivity contribution in [3.63, 3.8) is 0 Å². The van der Waals surface area contributed by atoms with E-state index in [-0.39, 0.29) is 0 Å². The highest BCUT2D eigenvalue weighted by Crippen LogP contribution is 2.13. The van der Waals surface area contributed by atoms with Gasteiger partial charge in [0.15, 0.2) is 5.65 Å². The standard InChI is InChI=1S/C9H10ClN3/c1-2-5-13-6-11-7-3-4-8(10)12-9(7)13/h3-4,6H,2,5H2,1H3. The SMILES string of the molecule is CCCn1cnc2ccc(Cl)nc21. The van der Waals surface area contributed by atoms with E-state index in [9.17, 15) is 0 Å². The summed E-state index contributed by atoms with van der Waals surface area (Å²) in [5.41, 5.74) is 1.77. The second-order valence-corrected chi connectivity index (χ2v) is 3.30. The average Bonchev–Trinajstić information content (AvgIpc) is 2.49. The van der Waals surface area contributed by atoms with E-state index in [1.54, 1.807) is 12.4 Å². The van der Waals surface area contributed by atoms with Crippen molar-refractivity contribution in [2.75, 3.05) is 0 Å². The lowest BCUT2D eigenvalue weighted by atomic mass is 10.4. The molecule has 0 aliphatic heterocycles. The smallest absolute Gasteiger partial charge is 0.161 e. The van der Waals surface area contributed by atoms with Gasteiger partial charge in [-0.1, -0.05) is 18.5 Å². The maximum atomic E-state index is 5.80. The Bertz CT molecular complexity index is 422. The lowest BCUT2D eigenvalue weighted by Crippen LogP contribution is -1.95. The second-order valence-electron chi connectivity index (χ2n) is 2.91. The van der Waals surface area contributed by atoms with Crippen LogP contribution in [0.5, 0.6) is 0 Å². The first-order chi connectivity index (χ1) is 6.31. The van der Waals surface area contributed by atoms with E-state index < -0.39 is 0 Å². The van der Waals surface area contributed by atoms with Gasteiger partial charge in [0.2, 0.25) is 0 Å². The van der Waals surface area contributed by atoms with Crippen molar-refractivity contribution in [3.8, 4) is 0 Å². The van der Waals surface area contributed by atoms with Gasteiger partial charge in [0.05, 0.1) is 6.33 Å². The first-order valence-electron chi connectivity index (χ1n) is 4.28. The van der Waals surface area contributed by atoms with E-state index in [1.165, 1.54) is 0 Å². The minimum absolute atomic E-state index is 0.519. The normalized spacial score (nSPS) is 10.9. The summed E-state index contributed by atoms with van der Waals surface area (Å²) >= 11 is 5.80. The van der Waals surface area contributed by atoms with Crippen LogP contribution in [0.25, 0.3) is 11.2 Å². The van der Waals surface area contributed by atoms with Crippen LogP contribution in [0.15, 0.2) is 18.5 Å². The van der Waals surface area contributed by atoms with E-state index in [0.29, 0.717) is 5.15 Å². The summed E-state index contributed by atoms with van der Waals surface area (Å²) in [4.78, 5) is 8.44. The van der Waals surface area contributed by atoms with Crippen LogP contribution in [0.3, 0.4) is 0 Å². The molecule has 0 fully saturated rings. The first kappa shape index (κ1) is 8.51. The van der Waals surface area contributed by atoms with Gasteiger partial charge in [0, 0.05) is 6.54 Å². The van der Waals surface area contributed by atoms with Crippen LogP contribution >= 0.6 is 11.6 Å². The molecule has 2 heterocycles. The quantitative estimate of drug-likeness (QED) is 0.690. The van der Waals surface area contributed by atoms with E-state index in [0.717, 1.165) is 24.1 Å². The summed E-state index contributed by atoms with van der Waals surface area (Å²) in [5.74, 6) is 0. The predicted molar refractivity (Wildman–Crippen MR) is 52.8 cm³/mol. The second kappa shape index (κ2) is 3.34. The maximum absolute atomic E-state index is 5.80. The number of aromatic nitrogens is 3. The highest BCUT2D eigenvalue weighted by molar-refractivity contribution is 6.29. The molecule has 0 saturated carbocycles. The fraction of sp³-hybridized carbons (Fsp3) is 0.333. The summed E-state index contributed by atoms with van der Waals surface area (Å²) in [6, 6.07) is 3.64. The largest absolute Gasteiger partial charge is 0.315 e. The molecule has 0 atom stereocenters. The molecule has 3 nitrogen and oxygen atoms in total. The number of nitrogens with zero attached hydrogens (tertiary/aromatic N) is 3. The minimum atomic E-state index is 0.519. The Hall–Kier alpha value is -1.09. The van der Waals surface area contributed by atoms with Gasteiger partial charge < -0.3 is 4.57 Å². The highest BCUT2D eigenvalue weighted by atomic mass is 35.5. The molecule has 0 aliphatic rings. The van der Waals surface area contributed by atoms with Gasteiger partial charge in [-0.3, -0.25) is 0 Å². The Morgan fingerprint density at radius 1 is 1.46 bits per heavy atom. The summed E-state index contributed by atoms with van der Waals surface area (Å²) < 4.78 is 2.02. The molecule has 2 aromatic heterocycles. The fourth-order valence-electron chi connectivity index (χ4n) is 1.32. The van der Waals surface area contributed by atoms with E-state index in [1.807, 2.05) is 10.6 Å². The van der Waals surface area contributed by atoms with Gasteiger partial charge in [-0.05, 0) is 18.6 Å². The molecule has 0 N–H and O–H groups in total. The molecule has 0 radical (unpaired) electrons. The molecule has 0 saturated heterocycles. The molecule has 0 aromatic carbocycles.